The van der Waals surface area contributed by atoms with E-state index >= 15 is 0 Å². The van der Waals surface area contributed by atoms with Gasteiger partial charge in [-0.15, -0.1) is 0 Å². The van der Waals surface area contributed by atoms with Crippen LogP contribution in [0.25, 0.3) is 5.57 Å². The summed E-state index contributed by atoms with van der Waals surface area (Å²) in [6.07, 6.45) is 0. The highest BCUT2D eigenvalue weighted by atomic mass is 14.1. The summed E-state index contributed by atoms with van der Waals surface area (Å²) in [4.78, 5) is 0. The molecule has 1 aromatic carbocycles. The summed E-state index contributed by atoms with van der Waals surface area (Å²) in [5, 5.41) is 0. The first-order chi connectivity index (χ1) is 5.22. The fraction of sp³-hybridized carbons (Fsp3) is 0.273. The summed E-state index contributed by atoms with van der Waals surface area (Å²) >= 11 is 0. The number of benzene rings is 1. The van der Waals surface area contributed by atoms with Crippen LogP contribution in [0.4, 0.5) is 0 Å². The Bertz CT molecular complexity index is 231. The molecule has 0 heteroatoms. The van der Waals surface area contributed by atoms with E-state index in [2.05, 4.69) is 32.6 Å². The van der Waals surface area contributed by atoms with Gasteiger partial charge in [0.05, 0.1) is 0 Å². The van der Waals surface area contributed by atoms with E-state index in [0.29, 0.717) is 5.92 Å². The lowest BCUT2D eigenvalue weighted by molar-refractivity contribution is 0.858. The van der Waals surface area contributed by atoms with Crippen molar-refractivity contribution in [3.63, 3.8) is 0 Å². The second-order valence-electron chi connectivity index (χ2n) is 3.05. The zero-order valence-corrected chi connectivity index (χ0v) is 7.17. The molecule has 0 bridgehead atoms. The smallest absolute Gasteiger partial charge is 0.0219 e. The molecule has 0 heterocycles. The molecule has 0 aromatic heterocycles. The van der Waals surface area contributed by atoms with E-state index in [1.54, 1.807) is 0 Å². The van der Waals surface area contributed by atoms with Crippen LogP contribution < -0.4 is 0 Å². The topological polar surface area (TPSA) is 0 Å². The molecule has 0 spiro atoms. The highest BCUT2D eigenvalue weighted by Gasteiger charge is 2.00. The van der Waals surface area contributed by atoms with Gasteiger partial charge in [0.2, 0.25) is 0 Å². The zero-order chi connectivity index (χ0) is 8.27. The summed E-state index contributed by atoms with van der Waals surface area (Å²) in [6, 6.07) is 10.3. The monoisotopic (exact) mass is 146 g/mol. The third kappa shape index (κ3) is 1.94. The molecule has 0 N–H and O–H groups in total. The summed E-state index contributed by atoms with van der Waals surface area (Å²) in [5.41, 5.74) is 2.47. The van der Waals surface area contributed by atoms with E-state index in [-0.39, 0.29) is 0 Å². The molecule has 0 nitrogen and oxygen atoms in total. The van der Waals surface area contributed by atoms with Gasteiger partial charge in [0.1, 0.15) is 0 Å². The lowest BCUT2D eigenvalue weighted by Gasteiger charge is -2.08. The van der Waals surface area contributed by atoms with Gasteiger partial charge in [-0.2, -0.15) is 0 Å². The molecule has 1 aromatic rings. The minimum absolute atomic E-state index is 0.539. The van der Waals surface area contributed by atoms with Crippen LogP contribution >= 0.6 is 0 Å². The number of rotatable bonds is 2. The van der Waals surface area contributed by atoms with Gasteiger partial charge in [-0.3, -0.25) is 0 Å². The van der Waals surface area contributed by atoms with Gasteiger partial charge >= 0.3 is 0 Å². The third-order valence-corrected chi connectivity index (χ3v) is 1.84. The largest absolute Gasteiger partial charge is 0.0950 e. The Morgan fingerprint density at radius 1 is 1.18 bits per heavy atom. The van der Waals surface area contributed by atoms with Crippen molar-refractivity contribution in [3.05, 3.63) is 42.5 Å². The maximum absolute atomic E-state index is 4.02. The molecule has 0 aliphatic carbocycles. The van der Waals surface area contributed by atoms with E-state index in [1.807, 2.05) is 18.2 Å². The summed E-state index contributed by atoms with van der Waals surface area (Å²) in [7, 11) is 0. The molecule has 1 rings (SSSR count). The van der Waals surface area contributed by atoms with Crippen molar-refractivity contribution in [2.45, 2.75) is 13.8 Å². The van der Waals surface area contributed by atoms with Crippen LogP contribution in [-0.4, -0.2) is 0 Å². The Labute approximate surface area is 68.6 Å². The predicted octanol–water partition coefficient (Wildman–Crippen LogP) is 3.36. The first-order valence-electron chi connectivity index (χ1n) is 3.96. The van der Waals surface area contributed by atoms with Crippen molar-refractivity contribution >= 4 is 5.57 Å². The van der Waals surface area contributed by atoms with Crippen molar-refractivity contribution in [1.82, 2.24) is 0 Å². The van der Waals surface area contributed by atoms with Gasteiger partial charge in [0.15, 0.2) is 0 Å². The average Bonchev–Trinajstić information content (AvgIpc) is 2.05. The summed E-state index contributed by atoms with van der Waals surface area (Å²) < 4.78 is 0. The molecular weight excluding hydrogens is 132 g/mol. The zero-order valence-electron chi connectivity index (χ0n) is 7.17. The van der Waals surface area contributed by atoms with E-state index < -0.39 is 0 Å². The van der Waals surface area contributed by atoms with Crippen LogP contribution in [-0.2, 0) is 0 Å². The van der Waals surface area contributed by atoms with Crippen LogP contribution in [0.2, 0.25) is 0 Å². The lowest BCUT2D eigenvalue weighted by Crippen LogP contribution is -1.90. The third-order valence-electron chi connectivity index (χ3n) is 1.84. The predicted molar refractivity (Wildman–Crippen MR) is 50.3 cm³/mol. The number of allylic oxidation sites excluding steroid dienone is 1. The lowest BCUT2D eigenvalue weighted by atomic mass is 9.97. The molecule has 0 unspecified atom stereocenters. The SMILES string of the molecule is C=C(c1ccccc1)C(C)C. The Kier molecular flexibility index (Phi) is 2.48. The molecule has 0 radical (unpaired) electrons. The molecule has 0 aliphatic rings. The van der Waals surface area contributed by atoms with E-state index in [0.717, 1.165) is 0 Å². The van der Waals surface area contributed by atoms with E-state index in [9.17, 15) is 0 Å². The average molecular weight is 146 g/mol. The molecule has 0 fully saturated rings. The van der Waals surface area contributed by atoms with Crippen LogP contribution in [0.3, 0.4) is 0 Å². The second-order valence-corrected chi connectivity index (χ2v) is 3.05. The van der Waals surface area contributed by atoms with E-state index in [1.165, 1.54) is 11.1 Å². The van der Waals surface area contributed by atoms with Crippen molar-refractivity contribution in [2.24, 2.45) is 5.92 Å². The second kappa shape index (κ2) is 3.38. The number of hydrogen-bond donors (Lipinski definition) is 0. The van der Waals surface area contributed by atoms with Gasteiger partial charge in [-0.25, -0.2) is 0 Å². The summed E-state index contributed by atoms with van der Waals surface area (Å²) in [6.45, 7) is 8.35. The minimum Gasteiger partial charge on any atom is -0.0950 e. The van der Waals surface area contributed by atoms with Gasteiger partial charge in [-0.05, 0) is 17.1 Å². The van der Waals surface area contributed by atoms with Crippen LogP contribution in [0, 0.1) is 5.92 Å². The highest BCUT2D eigenvalue weighted by molar-refractivity contribution is 5.64. The molecule has 11 heavy (non-hydrogen) atoms. The van der Waals surface area contributed by atoms with Crippen LogP contribution in [0.5, 0.6) is 0 Å². The quantitative estimate of drug-likeness (QED) is 0.600. The van der Waals surface area contributed by atoms with Gasteiger partial charge in [0, 0.05) is 0 Å². The Morgan fingerprint density at radius 3 is 2.18 bits per heavy atom. The molecule has 0 aliphatic heterocycles. The highest BCUT2D eigenvalue weighted by Crippen LogP contribution is 2.19. The molecule has 0 saturated heterocycles. The standard InChI is InChI=1S/C11H14/c1-9(2)10(3)11-7-5-4-6-8-11/h4-9H,3H2,1-2H3. The first kappa shape index (κ1) is 8.06. The van der Waals surface area contributed by atoms with Crippen LogP contribution in [0.15, 0.2) is 36.9 Å². The normalized spacial score (nSPS) is 10.1. The maximum atomic E-state index is 4.02. The first-order valence-corrected chi connectivity index (χ1v) is 3.96. The Balaban J connectivity index is 2.86. The molecule has 58 valence electrons. The Hall–Kier alpha value is -1.04. The minimum atomic E-state index is 0.539. The van der Waals surface area contributed by atoms with Crippen molar-refractivity contribution < 1.29 is 0 Å². The van der Waals surface area contributed by atoms with Crippen LogP contribution in [0.1, 0.15) is 19.4 Å². The fourth-order valence-corrected chi connectivity index (χ4v) is 0.986. The fourth-order valence-electron chi connectivity index (χ4n) is 0.986. The van der Waals surface area contributed by atoms with Crippen molar-refractivity contribution in [3.8, 4) is 0 Å². The number of hydrogen-bond acceptors (Lipinski definition) is 0. The van der Waals surface area contributed by atoms with Crippen molar-refractivity contribution in [1.29, 1.82) is 0 Å². The Morgan fingerprint density at radius 2 is 1.73 bits per heavy atom. The van der Waals surface area contributed by atoms with Crippen molar-refractivity contribution in [2.75, 3.05) is 0 Å². The van der Waals surface area contributed by atoms with Gasteiger partial charge < -0.3 is 0 Å². The molecule has 0 saturated carbocycles. The van der Waals surface area contributed by atoms with E-state index in [4.69, 9.17) is 0 Å². The van der Waals surface area contributed by atoms with Gasteiger partial charge in [0.25, 0.3) is 0 Å². The molecule has 0 amide bonds. The molecular formula is C11H14. The molecule has 0 atom stereocenters. The van der Waals surface area contributed by atoms with Gasteiger partial charge in [-0.1, -0.05) is 50.8 Å². The summed E-state index contributed by atoms with van der Waals surface area (Å²) in [5.74, 6) is 0.539. The maximum Gasteiger partial charge on any atom is -0.0219 e.